The van der Waals surface area contributed by atoms with Crippen LogP contribution in [0.2, 0.25) is 0 Å². The van der Waals surface area contributed by atoms with E-state index < -0.39 is 5.97 Å². The van der Waals surface area contributed by atoms with Crippen LogP contribution in [0.5, 0.6) is 0 Å². The Morgan fingerprint density at radius 2 is 2.21 bits per heavy atom. The number of hydrogen-bond acceptors (Lipinski definition) is 4. The van der Waals surface area contributed by atoms with Crippen LogP contribution in [0.4, 0.5) is 11.4 Å². The minimum Gasteiger partial charge on any atom is -0.478 e. The minimum absolute atomic E-state index is 0.164. The van der Waals surface area contributed by atoms with Gasteiger partial charge in [-0.15, -0.1) is 0 Å². The number of aryl methyl sites for hydroxylation is 1. The van der Waals surface area contributed by atoms with Gasteiger partial charge in [-0.1, -0.05) is 6.92 Å². The Balaban J connectivity index is 2.76. The molecule has 1 aromatic carbocycles. The van der Waals surface area contributed by atoms with Crippen LogP contribution in [-0.4, -0.2) is 28.6 Å². The summed E-state index contributed by atoms with van der Waals surface area (Å²) in [5.41, 5.74) is 7.88. The standard InChI is InChI=1S/C14H22N2O2S/c1-4-19-6-5-10(3)16-11-7-9(2)13(15)12(8-11)14(17)18/h7-8,10,16H,4-6,15H2,1-3H3,(H,17,18). The van der Waals surface area contributed by atoms with Crippen molar-refractivity contribution in [1.29, 1.82) is 0 Å². The number of nitrogen functional groups attached to an aromatic ring is 1. The number of thioether (sulfide) groups is 1. The molecule has 106 valence electrons. The third-order valence-electron chi connectivity index (χ3n) is 2.93. The molecule has 1 atom stereocenters. The molecule has 1 unspecified atom stereocenters. The van der Waals surface area contributed by atoms with E-state index in [0.717, 1.165) is 29.2 Å². The van der Waals surface area contributed by atoms with Crippen LogP contribution in [0.25, 0.3) is 0 Å². The van der Waals surface area contributed by atoms with Gasteiger partial charge in [0.25, 0.3) is 0 Å². The van der Waals surface area contributed by atoms with E-state index >= 15 is 0 Å². The molecule has 1 rings (SSSR count). The van der Waals surface area contributed by atoms with Crippen molar-refractivity contribution in [3.63, 3.8) is 0 Å². The van der Waals surface area contributed by atoms with Crippen molar-refractivity contribution in [3.05, 3.63) is 23.3 Å². The van der Waals surface area contributed by atoms with Gasteiger partial charge in [0, 0.05) is 17.4 Å². The van der Waals surface area contributed by atoms with E-state index in [4.69, 9.17) is 10.8 Å². The van der Waals surface area contributed by atoms with E-state index in [9.17, 15) is 4.79 Å². The summed E-state index contributed by atoms with van der Waals surface area (Å²) in [7, 11) is 0. The number of carbonyl (C=O) groups is 1. The second-order valence-corrected chi connectivity index (χ2v) is 5.98. The zero-order valence-corrected chi connectivity index (χ0v) is 12.5. The molecule has 0 radical (unpaired) electrons. The fourth-order valence-corrected chi connectivity index (χ4v) is 2.63. The number of carboxylic acids is 1. The van der Waals surface area contributed by atoms with Crippen molar-refractivity contribution < 1.29 is 9.90 Å². The number of nitrogens with one attached hydrogen (secondary N) is 1. The van der Waals surface area contributed by atoms with Crippen LogP contribution in [0.1, 0.15) is 36.2 Å². The Labute approximate surface area is 118 Å². The van der Waals surface area contributed by atoms with Crippen LogP contribution in [0.3, 0.4) is 0 Å². The molecule has 0 saturated carbocycles. The summed E-state index contributed by atoms with van der Waals surface area (Å²) < 4.78 is 0. The third-order valence-corrected chi connectivity index (χ3v) is 3.86. The Kier molecular flexibility index (Phi) is 6.02. The predicted octanol–water partition coefficient (Wildman–Crippen LogP) is 3.22. The van der Waals surface area contributed by atoms with Crippen molar-refractivity contribution in [3.8, 4) is 0 Å². The van der Waals surface area contributed by atoms with Crippen molar-refractivity contribution in [1.82, 2.24) is 0 Å². The highest BCUT2D eigenvalue weighted by atomic mass is 32.2. The number of benzene rings is 1. The number of rotatable bonds is 7. The maximum Gasteiger partial charge on any atom is 0.337 e. The van der Waals surface area contributed by atoms with Gasteiger partial charge in [-0.3, -0.25) is 0 Å². The Morgan fingerprint density at radius 1 is 1.53 bits per heavy atom. The van der Waals surface area contributed by atoms with E-state index in [1.54, 1.807) is 6.07 Å². The van der Waals surface area contributed by atoms with Crippen molar-refractivity contribution in [2.24, 2.45) is 0 Å². The number of anilines is 2. The van der Waals surface area contributed by atoms with E-state index in [2.05, 4.69) is 19.2 Å². The highest BCUT2D eigenvalue weighted by Crippen LogP contribution is 2.23. The summed E-state index contributed by atoms with van der Waals surface area (Å²) in [4.78, 5) is 11.1. The third kappa shape index (κ3) is 4.67. The number of hydrogen-bond donors (Lipinski definition) is 3. The lowest BCUT2D eigenvalue weighted by molar-refractivity contribution is 0.0698. The molecule has 0 aliphatic carbocycles. The molecule has 4 N–H and O–H groups in total. The van der Waals surface area contributed by atoms with Crippen LogP contribution >= 0.6 is 11.8 Å². The molecule has 0 bridgehead atoms. The largest absolute Gasteiger partial charge is 0.478 e. The second kappa shape index (κ2) is 7.28. The van der Waals surface area contributed by atoms with Crippen molar-refractivity contribution in [2.75, 3.05) is 22.6 Å². The molecule has 19 heavy (non-hydrogen) atoms. The number of aromatic carboxylic acids is 1. The zero-order valence-electron chi connectivity index (χ0n) is 11.7. The maximum absolute atomic E-state index is 11.1. The SMILES string of the molecule is CCSCCC(C)Nc1cc(C)c(N)c(C(=O)O)c1. The lowest BCUT2D eigenvalue weighted by Gasteiger charge is -2.17. The van der Waals surface area contributed by atoms with Crippen molar-refractivity contribution >= 4 is 29.1 Å². The molecule has 0 heterocycles. The van der Waals surface area contributed by atoms with Gasteiger partial charge in [-0.25, -0.2) is 4.79 Å². The zero-order chi connectivity index (χ0) is 14.4. The molecule has 1 aromatic rings. The van der Waals surface area contributed by atoms with E-state index in [0.29, 0.717) is 11.7 Å². The second-order valence-electron chi connectivity index (χ2n) is 4.59. The molecular formula is C14H22N2O2S. The molecule has 0 amide bonds. The summed E-state index contributed by atoms with van der Waals surface area (Å²) >= 11 is 1.91. The molecule has 0 aromatic heterocycles. The Hall–Kier alpha value is -1.36. The molecule has 0 saturated heterocycles. The first-order valence-corrected chi connectivity index (χ1v) is 7.58. The van der Waals surface area contributed by atoms with Gasteiger partial charge in [0.1, 0.15) is 0 Å². The fourth-order valence-electron chi connectivity index (χ4n) is 1.82. The topological polar surface area (TPSA) is 75.3 Å². The predicted molar refractivity (Wildman–Crippen MR) is 83.3 cm³/mol. The number of carboxylic acid groups (broad SMARTS) is 1. The minimum atomic E-state index is -0.988. The van der Waals surface area contributed by atoms with E-state index in [-0.39, 0.29) is 5.56 Å². The van der Waals surface area contributed by atoms with Crippen LogP contribution in [0, 0.1) is 6.92 Å². The van der Waals surface area contributed by atoms with Crippen molar-refractivity contribution in [2.45, 2.75) is 33.2 Å². The van der Waals surface area contributed by atoms with E-state index in [1.807, 2.05) is 24.8 Å². The van der Waals surface area contributed by atoms with Crippen LogP contribution in [-0.2, 0) is 0 Å². The van der Waals surface area contributed by atoms with Gasteiger partial charge >= 0.3 is 5.97 Å². The van der Waals surface area contributed by atoms with Gasteiger partial charge in [0.15, 0.2) is 0 Å². The quantitative estimate of drug-likeness (QED) is 0.529. The summed E-state index contributed by atoms with van der Waals surface area (Å²) in [6.07, 6.45) is 1.05. The van der Waals surface area contributed by atoms with Gasteiger partial charge in [0.05, 0.1) is 5.56 Å². The van der Waals surface area contributed by atoms with Gasteiger partial charge in [-0.2, -0.15) is 11.8 Å². The summed E-state index contributed by atoms with van der Waals surface area (Å²) in [5.74, 6) is 1.24. The molecule has 0 fully saturated rings. The first-order chi connectivity index (χ1) is 8.95. The highest BCUT2D eigenvalue weighted by Gasteiger charge is 2.12. The summed E-state index contributed by atoms with van der Waals surface area (Å²) in [6.45, 7) is 6.07. The Bertz CT molecular complexity index is 449. The molecular weight excluding hydrogens is 260 g/mol. The highest BCUT2D eigenvalue weighted by molar-refractivity contribution is 7.99. The van der Waals surface area contributed by atoms with Gasteiger partial charge in [-0.05, 0) is 49.5 Å². The smallest absolute Gasteiger partial charge is 0.337 e. The normalized spacial score (nSPS) is 12.2. The first-order valence-electron chi connectivity index (χ1n) is 6.43. The monoisotopic (exact) mass is 282 g/mol. The molecule has 0 aliphatic heterocycles. The molecule has 4 nitrogen and oxygen atoms in total. The van der Waals surface area contributed by atoms with Gasteiger partial charge in [0.2, 0.25) is 0 Å². The Morgan fingerprint density at radius 3 is 2.79 bits per heavy atom. The lowest BCUT2D eigenvalue weighted by atomic mass is 10.1. The lowest BCUT2D eigenvalue weighted by Crippen LogP contribution is -2.17. The van der Waals surface area contributed by atoms with E-state index in [1.165, 1.54) is 0 Å². The average molecular weight is 282 g/mol. The molecule has 0 spiro atoms. The average Bonchev–Trinajstić information content (AvgIpc) is 2.33. The summed E-state index contributed by atoms with van der Waals surface area (Å²) in [6, 6.07) is 3.81. The fraction of sp³-hybridized carbons (Fsp3) is 0.500. The van der Waals surface area contributed by atoms with Gasteiger partial charge < -0.3 is 16.2 Å². The summed E-state index contributed by atoms with van der Waals surface area (Å²) in [5, 5.41) is 12.4. The number of nitrogens with two attached hydrogens (primary N) is 1. The van der Waals surface area contributed by atoms with Crippen LogP contribution in [0.15, 0.2) is 12.1 Å². The molecule has 0 aliphatic rings. The van der Waals surface area contributed by atoms with Crippen LogP contribution < -0.4 is 11.1 Å². The first kappa shape index (κ1) is 15.7. The maximum atomic E-state index is 11.1. The molecule has 5 heteroatoms.